The number of thiocarbonyl (C=S) groups is 1. The third kappa shape index (κ3) is 2.93. The SMILES string of the molecule is O=C(NC(=S)Nc1ccccc1Br)C12CC3CC(CC(C3)C1)C2. The van der Waals surface area contributed by atoms with Crippen molar-refractivity contribution >= 4 is 44.9 Å². The van der Waals surface area contributed by atoms with Gasteiger partial charge in [0.2, 0.25) is 5.91 Å². The number of hydrogen-bond acceptors (Lipinski definition) is 2. The zero-order valence-corrected chi connectivity index (χ0v) is 15.4. The summed E-state index contributed by atoms with van der Waals surface area (Å²) in [6, 6.07) is 7.78. The Morgan fingerprint density at radius 3 is 2.22 bits per heavy atom. The molecular formula is C18H21BrN2OS. The number of rotatable bonds is 2. The topological polar surface area (TPSA) is 41.1 Å². The molecule has 122 valence electrons. The Morgan fingerprint density at radius 1 is 1.09 bits per heavy atom. The number of carbonyl (C=O) groups is 1. The molecule has 4 aliphatic rings. The molecule has 0 saturated heterocycles. The first-order valence-electron chi connectivity index (χ1n) is 8.41. The van der Waals surface area contributed by atoms with Gasteiger partial charge in [-0.2, -0.15) is 0 Å². The molecule has 4 fully saturated rings. The van der Waals surface area contributed by atoms with Crippen LogP contribution in [0.3, 0.4) is 0 Å². The lowest BCUT2D eigenvalue weighted by atomic mass is 9.49. The minimum Gasteiger partial charge on any atom is -0.331 e. The van der Waals surface area contributed by atoms with E-state index in [9.17, 15) is 4.79 Å². The summed E-state index contributed by atoms with van der Waals surface area (Å²) in [5.41, 5.74) is 0.720. The number of anilines is 1. The zero-order valence-electron chi connectivity index (χ0n) is 13.0. The summed E-state index contributed by atoms with van der Waals surface area (Å²) >= 11 is 8.85. The maximum atomic E-state index is 12.9. The first kappa shape index (κ1) is 15.6. The van der Waals surface area contributed by atoms with E-state index in [4.69, 9.17) is 12.2 Å². The molecule has 1 aromatic rings. The first-order valence-corrected chi connectivity index (χ1v) is 9.61. The van der Waals surface area contributed by atoms with Crippen molar-refractivity contribution in [3.8, 4) is 0 Å². The van der Waals surface area contributed by atoms with Gasteiger partial charge in [-0.1, -0.05) is 12.1 Å². The Bertz CT molecular complexity index is 625. The lowest BCUT2D eigenvalue weighted by Crippen LogP contribution is -2.55. The monoisotopic (exact) mass is 392 g/mol. The minimum atomic E-state index is -0.158. The van der Waals surface area contributed by atoms with Crippen LogP contribution in [0.25, 0.3) is 0 Å². The second kappa shape index (κ2) is 5.85. The van der Waals surface area contributed by atoms with Crippen molar-refractivity contribution in [2.75, 3.05) is 5.32 Å². The fourth-order valence-corrected chi connectivity index (χ4v) is 5.93. The number of hydrogen-bond donors (Lipinski definition) is 2. The van der Waals surface area contributed by atoms with E-state index in [2.05, 4.69) is 26.6 Å². The van der Waals surface area contributed by atoms with Gasteiger partial charge in [-0.25, -0.2) is 0 Å². The summed E-state index contributed by atoms with van der Waals surface area (Å²) < 4.78 is 0.936. The third-order valence-electron chi connectivity index (χ3n) is 5.87. The molecule has 4 saturated carbocycles. The average Bonchev–Trinajstić information content (AvgIpc) is 2.48. The van der Waals surface area contributed by atoms with Crippen LogP contribution in [0.15, 0.2) is 28.7 Å². The Kier molecular flexibility index (Phi) is 3.96. The molecule has 4 bridgehead atoms. The highest BCUT2D eigenvalue weighted by Crippen LogP contribution is 2.60. The molecule has 5 rings (SSSR count). The van der Waals surface area contributed by atoms with Crippen LogP contribution in [0.2, 0.25) is 0 Å². The molecule has 1 aromatic carbocycles. The van der Waals surface area contributed by atoms with Crippen molar-refractivity contribution in [1.82, 2.24) is 5.32 Å². The number of halogens is 1. The van der Waals surface area contributed by atoms with E-state index in [-0.39, 0.29) is 11.3 Å². The standard InChI is InChI=1S/C18H21BrN2OS/c19-14-3-1-2-4-15(14)20-17(23)21-16(22)18-8-11-5-12(9-18)7-13(6-11)10-18/h1-4,11-13H,5-10H2,(H2,20,21,22,23). The molecule has 0 aromatic heterocycles. The Balaban J connectivity index is 1.44. The summed E-state index contributed by atoms with van der Waals surface area (Å²) in [4.78, 5) is 12.9. The van der Waals surface area contributed by atoms with E-state index in [0.29, 0.717) is 5.11 Å². The lowest BCUT2D eigenvalue weighted by Gasteiger charge is -2.55. The van der Waals surface area contributed by atoms with Crippen molar-refractivity contribution in [3.63, 3.8) is 0 Å². The maximum Gasteiger partial charge on any atom is 0.232 e. The van der Waals surface area contributed by atoms with E-state index in [1.807, 2.05) is 24.3 Å². The summed E-state index contributed by atoms with van der Waals surface area (Å²) in [6.45, 7) is 0. The van der Waals surface area contributed by atoms with Crippen LogP contribution < -0.4 is 10.6 Å². The van der Waals surface area contributed by atoms with Gasteiger partial charge in [0.15, 0.2) is 5.11 Å². The molecule has 1 amide bonds. The number of carbonyl (C=O) groups excluding carboxylic acids is 1. The second-order valence-corrected chi connectivity index (χ2v) is 8.85. The smallest absolute Gasteiger partial charge is 0.232 e. The highest BCUT2D eigenvalue weighted by Gasteiger charge is 2.54. The highest BCUT2D eigenvalue weighted by atomic mass is 79.9. The van der Waals surface area contributed by atoms with E-state index in [1.54, 1.807) is 0 Å². The van der Waals surface area contributed by atoms with E-state index in [1.165, 1.54) is 19.3 Å². The van der Waals surface area contributed by atoms with Gasteiger partial charge in [0, 0.05) is 4.47 Å². The molecule has 0 aliphatic heterocycles. The number of benzene rings is 1. The van der Waals surface area contributed by atoms with Crippen molar-refractivity contribution in [2.24, 2.45) is 23.2 Å². The van der Waals surface area contributed by atoms with E-state index < -0.39 is 0 Å². The predicted octanol–water partition coefficient (Wildman–Crippen LogP) is 4.48. The van der Waals surface area contributed by atoms with Crippen LogP contribution in [-0.4, -0.2) is 11.0 Å². The average molecular weight is 393 g/mol. The Hall–Kier alpha value is -0.940. The fraction of sp³-hybridized carbons (Fsp3) is 0.556. The van der Waals surface area contributed by atoms with Crippen LogP contribution in [0.5, 0.6) is 0 Å². The molecule has 0 atom stereocenters. The fourth-order valence-electron chi connectivity index (χ4n) is 5.34. The van der Waals surface area contributed by atoms with Gasteiger partial charge in [0.05, 0.1) is 11.1 Å². The van der Waals surface area contributed by atoms with Gasteiger partial charge in [-0.3, -0.25) is 4.79 Å². The maximum absolute atomic E-state index is 12.9. The van der Waals surface area contributed by atoms with Crippen LogP contribution in [-0.2, 0) is 4.79 Å². The molecule has 0 heterocycles. The molecule has 5 heteroatoms. The van der Waals surface area contributed by atoms with Gasteiger partial charge in [0.25, 0.3) is 0 Å². The highest BCUT2D eigenvalue weighted by molar-refractivity contribution is 9.10. The number of para-hydroxylation sites is 1. The molecule has 23 heavy (non-hydrogen) atoms. The Morgan fingerprint density at radius 2 is 1.65 bits per heavy atom. The Labute approximate surface area is 150 Å². The van der Waals surface area contributed by atoms with Crippen LogP contribution in [0.4, 0.5) is 5.69 Å². The summed E-state index contributed by atoms with van der Waals surface area (Å²) in [6.07, 6.45) is 7.19. The molecule has 4 aliphatic carbocycles. The zero-order chi connectivity index (χ0) is 16.0. The number of nitrogens with one attached hydrogen (secondary N) is 2. The van der Waals surface area contributed by atoms with Gasteiger partial charge in [-0.05, 0) is 96.6 Å². The van der Waals surface area contributed by atoms with Crippen molar-refractivity contribution in [3.05, 3.63) is 28.7 Å². The van der Waals surface area contributed by atoms with Crippen LogP contribution >= 0.6 is 28.1 Å². The first-order chi connectivity index (χ1) is 11.0. The summed E-state index contributed by atoms with van der Waals surface area (Å²) in [5, 5.41) is 6.50. The normalized spacial score (nSPS) is 34.2. The van der Waals surface area contributed by atoms with Crippen molar-refractivity contribution in [2.45, 2.75) is 38.5 Å². The van der Waals surface area contributed by atoms with Gasteiger partial charge in [-0.15, -0.1) is 0 Å². The molecule has 0 unspecified atom stereocenters. The van der Waals surface area contributed by atoms with Crippen LogP contribution in [0, 0.1) is 23.2 Å². The number of amides is 1. The molecule has 3 nitrogen and oxygen atoms in total. The van der Waals surface area contributed by atoms with E-state index >= 15 is 0 Å². The van der Waals surface area contributed by atoms with Gasteiger partial charge >= 0.3 is 0 Å². The molecule has 0 radical (unpaired) electrons. The quantitative estimate of drug-likeness (QED) is 0.728. The largest absolute Gasteiger partial charge is 0.331 e. The second-order valence-electron chi connectivity index (χ2n) is 7.59. The van der Waals surface area contributed by atoms with Crippen molar-refractivity contribution < 1.29 is 4.79 Å². The molecular weight excluding hydrogens is 372 g/mol. The van der Waals surface area contributed by atoms with Crippen molar-refractivity contribution in [1.29, 1.82) is 0 Å². The lowest BCUT2D eigenvalue weighted by molar-refractivity contribution is -0.144. The molecule has 2 N–H and O–H groups in total. The summed E-state index contributed by atoms with van der Waals surface area (Å²) in [5.74, 6) is 2.42. The van der Waals surface area contributed by atoms with E-state index in [0.717, 1.165) is 47.2 Å². The van der Waals surface area contributed by atoms with Gasteiger partial charge < -0.3 is 10.6 Å². The summed E-state index contributed by atoms with van der Waals surface area (Å²) in [7, 11) is 0. The molecule has 0 spiro atoms. The predicted molar refractivity (Wildman–Crippen MR) is 99.1 cm³/mol. The van der Waals surface area contributed by atoms with Crippen LogP contribution in [0.1, 0.15) is 38.5 Å². The third-order valence-corrected chi connectivity index (χ3v) is 6.76. The van der Waals surface area contributed by atoms with Gasteiger partial charge in [0.1, 0.15) is 0 Å². The minimum absolute atomic E-state index is 0.140.